The number of aromatic nitrogens is 3. The molecule has 0 saturated carbocycles. The topological polar surface area (TPSA) is 42.7 Å². The molecule has 0 saturated heterocycles. The van der Waals surface area contributed by atoms with Crippen LogP contribution in [-0.4, -0.2) is 21.5 Å². The van der Waals surface area contributed by atoms with Crippen LogP contribution in [0.1, 0.15) is 55.7 Å². The highest BCUT2D eigenvalue weighted by atomic mass is 15.4. The van der Waals surface area contributed by atoms with Gasteiger partial charge in [0.1, 0.15) is 5.69 Å². The van der Waals surface area contributed by atoms with Crippen LogP contribution in [-0.2, 0) is 6.42 Å². The van der Waals surface area contributed by atoms with Crippen molar-refractivity contribution in [3.05, 3.63) is 40.7 Å². The lowest BCUT2D eigenvalue weighted by molar-refractivity contribution is 0.520. The summed E-state index contributed by atoms with van der Waals surface area (Å²) in [5, 5.41) is 12.4. The van der Waals surface area contributed by atoms with Crippen LogP contribution < -0.4 is 5.32 Å². The third-order valence-corrected chi connectivity index (χ3v) is 3.90. The lowest BCUT2D eigenvalue weighted by Crippen LogP contribution is -2.21. The summed E-state index contributed by atoms with van der Waals surface area (Å²) >= 11 is 0. The minimum atomic E-state index is 0.282. The fourth-order valence-corrected chi connectivity index (χ4v) is 2.83. The van der Waals surface area contributed by atoms with Gasteiger partial charge >= 0.3 is 0 Å². The van der Waals surface area contributed by atoms with E-state index in [1.54, 1.807) is 0 Å². The first-order chi connectivity index (χ1) is 10.1. The van der Waals surface area contributed by atoms with E-state index in [9.17, 15) is 0 Å². The first kappa shape index (κ1) is 15.7. The Morgan fingerprint density at radius 1 is 1.19 bits per heavy atom. The summed E-state index contributed by atoms with van der Waals surface area (Å²) in [5.41, 5.74) is 5.92. The van der Waals surface area contributed by atoms with Gasteiger partial charge in [0.15, 0.2) is 0 Å². The first-order valence-electron chi connectivity index (χ1n) is 7.87. The summed E-state index contributed by atoms with van der Waals surface area (Å²) in [6, 6.07) is 6.74. The molecule has 0 aliphatic carbocycles. The van der Waals surface area contributed by atoms with Crippen molar-refractivity contribution in [2.75, 3.05) is 6.54 Å². The van der Waals surface area contributed by atoms with Crippen molar-refractivity contribution in [1.82, 2.24) is 20.3 Å². The van der Waals surface area contributed by atoms with Crippen molar-refractivity contribution >= 4 is 0 Å². The fraction of sp³-hybridized carbons (Fsp3) is 0.529. The van der Waals surface area contributed by atoms with Crippen molar-refractivity contribution in [2.24, 2.45) is 0 Å². The summed E-state index contributed by atoms with van der Waals surface area (Å²) in [7, 11) is 0. The Hall–Kier alpha value is -1.68. The lowest BCUT2D eigenvalue weighted by atomic mass is 10.1. The molecule has 0 aliphatic rings. The minimum absolute atomic E-state index is 0.282. The Morgan fingerprint density at radius 3 is 2.52 bits per heavy atom. The van der Waals surface area contributed by atoms with Gasteiger partial charge in [-0.2, -0.15) is 0 Å². The molecule has 0 aliphatic heterocycles. The van der Waals surface area contributed by atoms with E-state index in [1.165, 1.54) is 16.8 Å². The molecule has 1 unspecified atom stereocenters. The molecule has 2 rings (SSSR count). The first-order valence-corrected chi connectivity index (χ1v) is 7.87. The molecule has 0 radical (unpaired) electrons. The van der Waals surface area contributed by atoms with Crippen LogP contribution in [0, 0.1) is 13.8 Å². The molecule has 4 nitrogen and oxygen atoms in total. The van der Waals surface area contributed by atoms with E-state index < -0.39 is 0 Å². The second-order valence-corrected chi connectivity index (χ2v) is 5.50. The molecule has 1 N–H and O–H groups in total. The van der Waals surface area contributed by atoms with E-state index in [4.69, 9.17) is 0 Å². The summed E-state index contributed by atoms with van der Waals surface area (Å²) in [6.07, 6.45) is 1.95. The molecular weight excluding hydrogens is 260 g/mol. The van der Waals surface area contributed by atoms with E-state index >= 15 is 0 Å². The van der Waals surface area contributed by atoms with Gasteiger partial charge in [0.2, 0.25) is 0 Å². The van der Waals surface area contributed by atoms with E-state index in [0.29, 0.717) is 0 Å². The van der Waals surface area contributed by atoms with Gasteiger partial charge in [0.05, 0.1) is 17.4 Å². The zero-order valence-corrected chi connectivity index (χ0v) is 13.8. The Labute approximate surface area is 127 Å². The zero-order valence-electron chi connectivity index (χ0n) is 13.8. The van der Waals surface area contributed by atoms with Crippen LogP contribution in [0.2, 0.25) is 0 Å². The lowest BCUT2D eigenvalue weighted by Gasteiger charge is -2.15. The van der Waals surface area contributed by atoms with Crippen LogP contribution in [0.3, 0.4) is 0 Å². The molecule has 0 bridgehead atoms. The largest absolute Gasteiger partial charge is 0.309 e. The Bertz CT molecular complexity index is 601. The van der Waals surface area contributed by atoms with Gasteiger partial charge in [-0.3, -0.25) is 0 Å². The molecule has 1 atom stereocenters. The number of rotatable bonds is 6. The molecule has 0 amide bonds. The van der Waals surface area contributed by atoms with Gasteiger partial charge in [-0.15, -0.1) is 5.10 Å². The van der Waals surface area contributed by atoms with Crippen molar-refractivity contribution in [3.8, 4) is 5.69 Å². The number of nitrogens with zero attached hydrogens (tertiary/aromatic N) is 3. The maximum absolute atomic E-state index is 4.47. The SMILES string of the molecule is CCNC(CC)c1nnn(-c2ccc(C)cc2C)c1CC. The monoisotopic (exact) mass is 286 g/mol. The van der Waals surface area contributed by atoms with Crippen LogP contribution in [0.5, 0.6) is 0 Å². The minimum Gasteiger partial charge on any atom is -0.309 e. The number of hydrogen-bond acceptors (Lipinski definition) is 3. The molecule has 0 spiro atoms. The Morgan fingerprint density at radius 2 is 1.95 bits per heavy atom. The Balaban J connectivity index is 2.48. The molecule has 2 aromatic rings. The third kappa shape index (κ3) is 3.16. The number of aryl methyl sites for hydroxylation is 2. The molecule has 21 heavy (non-hydrogen) atoms. The molecule has 1 heterocycles. The normalized spacial score (nSPS) is 12.6. The molecule has 4 heteroatoms. The summed E-state index contributed by atoms with van der Waals surface area (Å²) in [4.78, 5) is 0. The maximum Gasteiger partial charge on any atom is 0.103 e. The van der Waals surface area contributed by atoms with Crippen LogP contribution >= 0.6 is 0 Å². The predicted molar refractivity (Wildman–Crippen MR) is 86.9 cm³/mol. The number of hydrogen-bond donors (Lipinski definition) is 1. The second-order valence-electron chi connectivity index (χ2n) is 5.50. The van der Waals surface area contributed by atoms with Gasteiger partial charge in [-0.25, -0.2) is 4.68 Å². The van der Waals surface area contributed by atoms with Crippen molar-refractivity contribution in [1.29, 1.82) is 0 Å². The molecule has 1 aromatic carbocycles. The maximum atomic E-state index is 4.47. The molecule has 0 fully saturated rings. The highest BCUT2D eigenvalue weighted by Crippen LogP contribution is 2.23. The average molecular weight is 286 g/mol. The van der Waals surface area contributed by atoms with Crippen molar-refractivity contribution in [2.45, 2.75) is 53.5 Å². The highest BCUT2D eigenvalue weighted by molar-refractivity contribution is 5.43. The quantitative estimate of drug-likeness (QED) is 0.883. The molecule has 114 valence electrons. The highest BCUT2D eigenvalue weighted by Gasteiger charge is 2.20. The summed E-state index contributed by atoms with van der Waals surface area (Å²) < 4.78 is 2.00. The van der Waals surface area contributed by atoms with Crippen molar-refractivity contribution in [3.63, 3.8) is 0 Å². The average Bonchev–Trinajstić information content (AvgIpc) is 2.88. The van der Waals surface area contributed by atoms with Crippen LogP contribution in [0.15, 0.2) is 18.2 Å². The predicted octanol–water partition coefficient (Wildman–Crippen LogP) is 3.51. The van der Waals surface area contributed by atoms with Gasteiger partial charge in [-0.05, 0) is 44.9 Å². The van der Waals surface area contributed by atoms with Gasteiger partial charge in [-0.1, -0.05) is 43.7 Å². The summed E-state index contributed by atoms with van der Waals surface area (Å²) in [6.45, 7) is 11.7. The van der Waals surface area contributed by atoms with E-state index in [-0.39, 0.29) is 6.04 Å². The fourth-order valence-electron chi connectivity index (χ4n) is 2.83. The van der Waals surface area contributed by atoms with Crippen molar-refractivity contribution < 1.29 is 0 Å². The van der Waals surface area contributed by atoms with Gasteiger partial charge in [0, 0.05) is 0 Å². The molecular formula is C17H26N4. The number of benzene rings is 1. The van der Waals surface area contributed by atoms with Crippen LogP contribution in [0.25, 0.3) is 5.69 Å². The van der Waals surface area contributed by atoms with E-state index in [2.05, 4.69) is 68.4 Å². The smallest absolute Gasteiger partial charge is 0.103 e. The third-order valence-electron chi connectivity index (χ3n) is 3.90. The standard InChI is InChI=1S/C17H26N4/c1-6-14(18-8-3)17-15(7-2)21(20-19-17)16-10-9-12(4)11-13(16)5/h9-11,14,18H,6-8H2,1-5H3. The summed E-state index contributed by atoms with van der Waals surface area (Å²) in [5.74, 6) is 0. The van der Waals surface area contributed by atoms with E-state index in [0.717, 1.165) is 30.8 Å². The van der Waals surface area contributed by atoms with Gasteiger partial charge in [0.25, 0.3) is 0 Å². The second kappa shape index (κ2) is 6.85. The zero-order chi connectivity index (χ0) is 15.4. The Kier molecular flexibility index (Phi) is 5.12. The van der Waals surface area contributed by atoms with Gasteiger partial charge < -0.3 is 5.32 Å². The molecule has 1 aromatic heterocycles. The van der Waals surface area contributed by atoms with Crippen LogP contribution in [0.4, 0.5) is 0 Å². The number of nitrogens with one attached hydrogen (secondary N) is 1. The van der Waals surface area contributed by atoms with E-state index in [1.807, 2.05) is 4.68 Å².